The van der Waals surface area contributed by atoms with Gasteiger partial charge in [0.1, 0.15) is 0 Å². The van der Waals surface area contributed by atoms with Gasteiger partial charge in [-0.05, 0) is 73.0 Å². The number of carbonyl (C=O) groups excluding carboxylic acids is 1. The van der Waals surface area contributed by atoms with Gasteiger partial charge in [-0.1, -0.05) is 12.1 Å². The molecule has 0 radical (unpaired) electrons. The molecule has 0 bridgehead atoms. The monoisotopic (exact) mass is 469 g/mol. The van der Waals surface area contributed by atoms with Crippen LogP contribution in [-0.2, 0) is 24.8 Å². The standard InChI is InChI=1S/C28H31N5O2/c1-32-13-9-20(16-26(32)34)24-8-12-30-17-25(24)28(35)33(23-6-7-23)18-22-15-19(4-2-10-29)14-21-5-3-11-31-27(21)22/h3,5,9,11,13-16,23-25,30H,2,4,6-8,12,17-18H2,1H3. The van der Waals surface area contributed by atoms with Crippen LogP contribution < -0.4 is 10.9 Å². The van der Waals surface area contributed by atoms with Gasteiger partial charge in [0.05, 0.1) is 17.5 Å². The minimum absolute atomic E-state index is 0.0238. The van der Waals surface area contributed by atoms with Gasteiger partial charge in [0, 0.05) is 56.4 Å². The smallest absolute Gasteiger partial charge is 0.250 e. The number of aryl methyl sites for hydroxylation is 2. The molecule has 5 rings (SSSR count). The van der Waals surface area contributed by atoms with Gasteiger partial charge in [0.2, 0.25) is 5.91 Å². The van der Waals surface area contributed by atoms with Gasteiger partial charge < -0.3 is 14.8 Å². The third-order valence-corrected chi connectivity index (χ3v) is 7.34. The summed E-state index contributed by atoms with van der Waals surface area (Å²) in [6.45, 7) is 1.96. The Labute approximate surface area is 205 Å². The Morgan fingerprint density at radius 1 is 1.26 bits per heavy atom. The van der Waals surface area contributed by atoms with Gasteiger partial charge in [-0.2, -0.15) is 5.26 Å². The summed E-state index contributed by atoms with van der Waals surface area (Å²) in [4.78, 5) is 33.0. The summed E-state index contributed by atoms with van der Waals surface area (Å²) < 4.78 is 1.56. The lowest BCUT2D eigenvalue weighted by Crippen LogP contribution is -2.47. The van der Waals surface area contributed by atoms with E-state index in [-0.39, 0.29) is 29.3 Å². The first kappa shape index (κ1) is 23.3. The van der Waals surface area contributed by atoms with E-state index >= 15 is 0 Å². The molecule has 0 spiro atoms. The Morgan fingerprint density at radius 3 is 2.89 bits per heavy atom. The number of amides is 1. The number of piperidine rings is 1. The molecule has 2 atom stereocenters. The highest BCUT2D eigenvalue weighted by Gasteiger charge is 2.40. The molecule has 1 aliphatic carbocycles. The largest absolute Gasteiger partial charge is 0.335 e. The second-order valence-electron chi connectivity index (χ2n) is 9.80. The van der Waals surface area contributed by atoms with Crippen LogP contribution in [-0.4, -0.2) is 39.5 Å². The summed E-state index contributed by atoms with van der Waals surface area (Å²) in [6, 6.07) is 14.3. The summed E-state index contributed by atoms with van der Waals surface area (Å²) in [5.74, 6) is -0.0370. The maximum Gasteiger partial charge on any atom is 0.250 e. The normalized spacial score (nSPS) is 19.9. The molecule has 3 heterocycles. The Kier molecular flexibility index (Phi) is 6.65. The van der Waals surface area contributed by atoms with Crippen LogP contribution in [0, 0.1) is 17.2 Å². The maximum absolute atomic E-state index is 14.1. The van der Waals surface area contributed by atoms with Crippen molar-refractivity contribution in [2.45, 2.75) is 50.6 Å². The second-order valence-corrected chi connectivity index (χ2v) is 9.80. The molecule has 180 valence electrons. The Hall–Kier alpha value is -3.50. The summed E-state index contributed by atoms with van der Waals surface area (Å²) in [5, 5.41) is 13.5. The van der Waals surface area contributed by atoms with Crippen molar-refractivity contribution >= 4 is 16.8 Å². The minimum atomic E-state index is -0.211. The van der Waals surface area contributed by atoms with Crippen LogP contribution in [0.2, 0.25) is 0 Å². The molecule has 35 heavy (non-hydrogen) atoms. The molecule has 2 aliphatic rings. The van der Waals surface area contributed by atoms with Crippen LogP contribution in [0.1, 0.15) is 48.3 Å². The molecule has 2 unspecified atom stereocenters. The number of nitriles is 1. The minimum Gasteiger partial charge on any atom is -0.335 e. The maximum atomic E-state index is 14.1. The van der Waals surface area contributed by atoms with Crippen molar-refractivity contribution in [2.24, 2.45) is 13.0 Å². The lowest BCUT2D eigenvalue weighted by molar-refractivity contribution is -0.138. The molecular formula is C28H31N5O2. The molecular weight excluding hydrogens is 438 g/mol. The average Bonchev–Trinajstić information content (AvgIpc) is 3.72. The lowest BCUT2D eigenvalue weighted by Gasteiger charge is -2.36. The van der Waals surface area contributed by atoms with Crippen molar-refractivity contribution < 1.29 is 4.79 Å². The number of hydrogen-bond donors (Lipinski definition) is 1. The van der Waals surface area contributed by atoms with E-state index in [1.165, 1.54) is 0 Å². The molecule has 1 amide bonds. The zero-order valence-corrected chi connectivity index (χ0v) is 20.1. The topological polar surface area (TPSA) is 91.0 Å². The summed E-state index contributed by atoms with van der Waals surface area (Å²) in [6.07, 6.45) is 7.59. The van der Waals surface area contributed by atoms with Crippen LogP contribution in [0.25, 0.3) is 10.9 Å². The van der Waals surface area contributed by atoms with E-state index < -0.39 is 0 Å². The highest BCUT2D eigenvalue weighted by molar-refractivity contribution is 5.84. The van der Waals surface area contributed by atoms with E-state index in [9.17, 15) is 9.59 Å². The number of carbonyl (C=O) groups is 1. The van der Waals surface area contributed by atoms with Crippen molar-refractivity contribution in [1.29, 1.82) is 5.26 Å². The van der Waals surface area contributed by atoms with Crippen molar-refractivity contribution in [2.75, 3.05) is 13.1 Å². The fourth-order valence-corrected chi connectivity index (χ4v) is 5.28. The Balaban J connectivity index is 1.46. The SMILES string of the molecule is Cn1ccc(C2CCNCC2C(=O)N(Cc2cc(CCC#N)cc3cccnc23)C2CC2)cc1=O. The molecule has 7 nitrogen and oxygen atoms in total. The average molecular weight is 470 g/mol. The number of nitrogens with zero attached hydrogens (tertiary/aromatic N) is 4. The summed E-state index contributed by atoms with van der Waals surface area (Å²) in [5.41, 5.74) is 3.96. The third kappa shape index (κ3) is 4.98. The van der Waals surface area contributed by atoms with E-state index in [1.807, 2.05) is 23.1 Å². The van der Waals surface area contributed by atoms with Gasteiger partial charge in [-0.3, -0.25) is 14.6 Å². The van der Waals surface area contributed by atoms with Gasteiger partial charge in [-0.15, -0.1) is 0 Å². The first-order chi connectivity index (χ1) is 17.0. The Morgan fingerprint density at radius 2 is 2.11 bits per heavy atom. The zero-order chi connectivity index (χ0) is 24.4. The van der Waals surface area contributed by atoms with Crippen LogP contribution in [0.5, 0.6) is 0 Å². The quantitative estimate of drug-likeness (QED) is 0.574. The first-order valence-corrected chi connectivity index (χ1v) is 12.5. The number of pyridine rings is 2. The van der Waals surface area contributed by atoms with Crippen molar-refractivity contribution in [1.82, 2.24) is 19.8 Å². The molecule has 1 aromatic carbocycles. The fraction of sp³-hybridized carbons (Fsp3) is 0.429. The van der Waals surface area contributed by atoms with Crippen LogP contribution in [0.4, 0.5) is 0 Å². The lowest BCUT2D eigenvalue weighted by atomic mass is 9.80. The number of benzene rings is 1. The van der Waals surface area contributed by atoms with E-state index in [4.69, 9.17) is 5.26 Å². The predicted octanol–water partition coefficient (Wildman–Crippen LogP) is 3.27. The van der Waals surface area contributed by atoms with Crippen molar-refractivity contribution in [3.05, 3.63) is 75.8 Å². The van der Waals surface area contributed by atoms with Crippen molar-refractivity contribution in [3.8, 4) is 6.07 Å². The van der Waals surface area contributed by atoms with E-state index in [0.29, 0.717) is 25.9 Å². The van der Waals surface area contributed by atoms with E-state index in [1.54, 1.807) is 30.1 Å². The van der Waals surface area contributed by atoms with Gasteiger partial charge in [0.15, 0.2) is 0 Å². The molecule has 1 saturated carbocycles. The molecule has 1 saturated heterocycles. The fourth-order valence-electron chi connectivity index (χ4n) is 5.28. The number of hydrogen-bond acceptors (Lipinski definition) is 5. The van der Waals surface area contributed by atoms with Crippen LogP contribution in [0.15, 0.2) is 53.6 Å². The first-order valence-electron chi connectivity index (χ1n) is 12.5. The Bertz CT molecular complexity index is 1340. The van der Waals surface area contributed by atoms with Gasteiger partial charge in [0.25, 0.3) is 5.56 Å². The second kappa shape index (κ2) is 10.0. The third-order valence-electron chi connectivity index (χ3n) is 7.34. The number of fused-ring (bicyclic) bond motifs is 1. The molecule has 1 aliphatic heterocycles. The van der Waals surface area contributed by atoms with E-state index in [2.05, 4.69) is 28.5 Å². The molecule has 3 aromatic rings. The van der Waals surface area contributed by atoms with Crippen LogP contribution >= 0.6 is 0 Å². The zero-order valence-electron chi connectivity index (χ0n) is 20.1. The van der Waals surface area contributed by atoms with Crippen molar-refractivity contribution in [3.63, 3.8) is 0 Å². The van der Waals surface area contributed by atoms with Gasteiger partial charge in [-0.25, -0.2) is 0 Å². The number of rotatable bonds is 7. The molecule has 2 aromatic heterocycles. The number of aromatic nitrogens is 2. The molecule has 7 heteroatoms. The van der Waals surface area contributed by atoms with E-state index in [0.717, 1.165) is 53.4 Å². The van der Waals surface area contributed by atoms with Gasteiger partial charge >= 0.3 is 0 Å². The predicted molar refractivity (Wildman–Crippen MR) is 135 cm³/mol. The van der Waals surface area contributed by atoms with Crippen LogP contribution in [0.3, 0.4) is 0 Å². The number of nitrogens with one attached hydrogen (secondary N) is 1. The highest BCUT2D eigenvalue weighted by atomic mass is 16.2. The highest BCUT2D eigenvalue weighted by Crippen LogP contribution is 2.36. The molecule has 2 fully saturated rings. The summed E-state index contributed by atoms with van der Waals surface area (Å²) in [7, 11) is 1.75. The molecule has 1 N–H and O–H groups in total. The summed E-state index contributed by atoms with van der Waals surface area (Å²) >= 11 is 0.